The molecule has 0 aliphatic carbocycles. The summed E-state index contributed by atoms with van der Waals surface area (Å²) < 4.78 is 46.3. The van der Waals surface area contributed by atoms with Crippen molar-refractivity contribution in [2.75, 3.05) is 5.32 Å². The van der Waals surface area contributed by atoms with E-state index in [1.807, 2.05) is 0 Å². The van der Waals surface area contributed by atoms with E-state index in [2.05, 4.69) is 30.4 Å². The number of nitrogens with zero attached hydrogens (tertiary/aromatic N) is 5. The fourth-order valence-electron chi connectivity index (χ4n) is 2.47. The Bertz CT molecular complexity index is 1250. The number of aromatic nitrogens is 4. The lowest BCUT2D eigenvalue weighted by atomic mass is 10.2. The lowest BCUT2D eigenvalue weighted by Gasteiger charge is -2.09. The Morgan fingerprint density at radius 1 is 1.12 bits per heavy atom. The first-order valence-electron chi connectivity index (χ1n) is 8.92. The molecule has 0 aliphatic rings. The van der Waals surface area contributed by atoms with Crippen LogP contribution in [0.2, 0.25) is 0 Å². The molecule has 4 rings (SSSR count). The van der Waals surface area contributed by atoms with Crippen LogP contribution < -0.4 is 10.1 Å². The van der Waals surface area contributed by atoms with Crippen molar-refractivity contribution in [1.29, 1.82) is 0 Å². The molecule has 2 heterocycles. The number of anilines is 2. The lowest BCUT2D eigenvalue weighted by Crippen LogP contribution is -2.16. The zero-order valence-corrected chi connectivity index (χ0v) is 17.8. The van der Waals surface area contributed by atoms with Crippen molar-refractivity contribution in [3.63, 3.8) is 0 Å². The molecular formula is C18H11F3N6O4S2. The molecule has 15 heteroatoms. The van der Waals surface area contributed by atoms with Gasteiger partial charge in [-0.15, -0.1) is 23.4 Å². The lowest BCUT2D eigenvalue weighted by molar-refractivity contribution is -0.384. The third kappa shape index (κ3) is 6.17. The number of nitro groups is 1. The number of non-ortho nitro benzene ring substituents is 1. The molecule has 0 spiro atoms. The van der Waals surface area contributed by atoms with Gasteiger partial charge in [-0.3, -0.25) is 10.1 Å². The number of benzene rings is 2. The topological polar surface area (TPSA) is 129 Å². The van der Waals surface area contributed by atoms with Crippen LogP contribution in [-0.2, 0) is 5.75 Å². The summed E-state index contributed by atoms with van der Waals surface area (Å²) in [6, 6.07) is 11.0. The van der Waals surface area contributed by atoms with E-state index in [1.165, 1.54) is 71.6 Å². The minimum atomic E-state index is -4.75. The van der Waals surface area contributed by atoms with Crippen molar-refractivity contribution in [2.24, 2.45) is 0 Å². The van der Waals surface area contributed by atoms with Gasteiger partial charge in [0.25, 0.3) is 5.69 Å². The number of hydrogen-bond donors (Lipinski definition) is 1. The maximum absolute atomic E-state index is 12.2. The second kappa shape index (κ2) is 9.41. The highest BCUT2D eigenvalue weighted by molar-refractivity contribution is 8.00. The quantitative estimate of drug-likeness (QED) is 0.191. The van der Waals surface area contributed by atoms with E-state index in [0.29, 0.717) is 38.2 Å². The second-order valence-corrected chi connectivity index (χ2v) is 8.37. The molecule has 0 saturated heterocycles. The zero-order chi connectivity index (χ0) is 23.4. The van der Waals surface area contributed by atoms with Gasteiger partial charge in [0.05, 0.1) is 10.7 Å². The van der Waals surface area contributed by atoms with Crippen LogP contribution in [0.5, 0.6) is 5.75 Å². The summed E-state index contributed by atoms with van der Waals surface area (Å²) in [4.78, 5) is 14.5. The van der Waals surface area contributed by atoms with Crippen molar-refractivity contribution in [1.82, 2.24) is 20.3 Å². The Morgan fingerprint density at radius 3 is 2.52 bits per heavy atom. The van der Waals surface area contributed by atoms with Crippen LogP contribution in [0.4, 0.5) is 29.7 Å². The van der Waals surface area contributed by atoms with E-state index in [0.717, 1.165) is 0 Å². The van der Waals surface area contributed by atoms with E-state index in [9.17, 15) is 23.3 Å². The molecule has 0 bridgehead atoms. The van der Waals surface area contributed by atoms with Crippen molar-refractivity contribution in [3.05, 3.63) is 64.5 Å². The van der Waals surface area contributed by atoms with Crippen molar-refractivity contribution in [3.8, 4) is 17.1 Å². The average Bonchev–Trinajstić information content (AvgIpc) is 3.42. The summed E-state index contributed by atoms with van der Waals surface area (Å²) in [5, 5.41) is 26.0. The molecule has 33 heavy (non-hydrogen) atoms. The van der Waals surface area contributed by atoms with Crippen LogP contribution in [-0.4, -0.2) is 31.6 Å². The molecule has 0 aliphatic heterocycles. The summed E-state index contributed by atoms with van der Waals surface area (Å²) >= 11 is 2.54. The first-order chi connectivity index (χ1) is 15.7. The summed E-state index contributed by atoms with van der Waals surface area (Å²) in [5.41, 5.74) is 1.06. The number of nitro benzene ring substituents is 1. The van der Waals surface area contributed by atoms with Crippen LogP contribution >= 0.6 is 23.1 Å². The molecule has 0 amide bonds. The van der Waals surface area contributed by atoms with E-state index in [4.69, 9.17) is 4.52 Å². The van der Waals surface area contributed by atoms with Gasteiger partial charge in [-0.25, -0.2) is 0 Å². The molecule has 0 atom stereocenters. The highest BCUT2D eigenvalue weighted by Gasteiger charge is 2.30. The highest BCUT2D eigenvalue weighted by atomic mass is 32.2. The first kappa shape index (κ1) is 22.5. The number of hydrogen-bond acceptors (Lipinski definition) is 11. The first-order valence-corrected chi connectivity index (χ1v) is 10.7. The number of rotatable bonds is 8. The third-order valence-electron chi connectivity index (χ3n) is 3.87. The van der Waals surface area contributed by atoms with Gasteiger partial charge in [0, 0.05) is 23.4 Å². The third-order valence-corrected chi connectivity index (χ3v) is 5.83. The van der Waals surface area contributed by atoms with Crippen LogP contribution in [0.15, 0.2) is 57.4 Å². The van der Waals surface area contributed by atoms with Gasteiger partial charge >= 0.3 is 6.36 Å². The summed E-state index contributed by atoms with van der Waals surface area (Å²) in [6.07, 6.45) is -4.75. The smallest absolute Gasteiger partial charge is 0.406 e. The van der Waals surface area contributed by atoms with E-state index in [1.54, 1.807) is 0 Å². The molecule has 0 radical (unpaired) electrons. The largest absolute Gasteiger partial charge is 0.573 e. The molecule has 1 N–H and O–H groups in total. The zero-order valence-electron chi connectivity index (χ0n) is 16.1. The van der Waals surface area contributed by atoms with Crippen LogP contribution in [0, 0.1) is 10.1 Å². The average molecular weight is 496 g/mol. The predicted molar refractivity (Wildman–Crippen MR) is 112 cm³/mol. The maximum Gasteiger partial charge on any atom is 0.573 e. The normalized spacial score (nSPS) is 11.4. The molecule has 2 aromatic carbocycles. The number of ether oxygens (including phenoxy) is 1. The van der Waals surface area contributed by atoms with Gasteiger partial charge in [-0.05, 0) is 36.4 Å². The standard InChI is InChI=1S/C18H11F3N6O4S2/c19-18(20,21)30-13-7-3-11(4-8-13)22-16-24-25-17(33-16)32-9-14-23-15(26-31-14)10-1-5-12(6-2-10)27(28)29/h1-8H,9H2,(H,22,24). The molecule has 0 fully saturated rings. The summed E-state index contributed by atoms with van der Waals surface area (Å²) in [6.45, 7) is 0. The SMILES string of the molecule is O=[N+]([O-])c1ccc(-c2noc(CSc3nnc(Nc4ccc(OC(F)(F)F)cc4)s3)n2)cc1. The van der Waals surface area contributed by atoms with E-state index in [-0.39, 0.29) is 11.4 Å². The van der Waals surface area contributed by atoms with Gasteiger partial charge in [0.15, 0.2) is 4.34 Å². The van der Waals surface area contributed by atoms with Gasteiger partial charge < -0.3 is 14.6 Å². The van der Waals surface area contributed by atoms with E-state index >= 15 is 0 Å². The summed E-state index contributed by atoms with van der Waals surface area (Å²) in [7, 11) is 0. The van der Waals surface area contributed by atoms with Gasteiger partial charge in [0.1, 0.15) is 5.75 Å². The van der Waals surface area contributed by atoms with Gasteiger partial charge in [-0.2, -0.15) is 4.98 Å². The fraction of sp³-hybridized carbons (Fsp3) is 0.111. The predicted octanol–water partition coefficient (Wildman–Crippen LogP) is 5.43. The summed E-state index contributed by atoms with van der Waals surface area (Å²) in [5.74, 6) is 0.628. The Balaban J connectivity index is 1.32. The number of halogens is 3. The Hall–Kier alpha value is -3.72. The van der Waals surface area contributed by atoms with Crippen molar-refractivity contribution < 1.29 is 27.4 Å². The molecule has 0 saturated carbocycles. The number of nitrogens with one attached hydrogen (secondary N) is 1. The molecule has 4 aromatic rings. The van der Waals surface area contributed by atoms with E-state index < -0.39 is 11.3 Å². The van der Waals surface area contributed by atoms with Crippen LogP contribution in [0.25, 0.3) is 11.4 Å². The Kier molecular flexibility index (Phi) is 6.41. The van der Waals surface area contributed by atoms with Gasteiger partial charge in [-0.1, -0.05) is 28.3 Å². The molecule has 10 nitrogen and oxygen atoms in total. The fourth-order valence-corrected chi connectivity index (χ4v) is 4.08. The molecule has 170 valence electrons. The maximum atomic E-state index is 12.2. The number of alkyl halides is 3. The molecular weight excluding hydrogens is 485 g/mol. The minimum Gasteiger partial charge on any atom is -0.406 e. The molecule has 2 aromatic heterocycles. The van der Waals surface area contributed by atoms with Crippen molar-refractivity contribution in [2.45, 2.75) is 16.5 Å². The second-order valence-electron chi connectivity index (χ2n) is 6.17. The van der Waals surface area contributed by atoms with Crippen LogP contribution in [0.3, 0.4) is 0 Å². The van der Waals surface area contributed by atoms with Crippen molar-refractivity contribution >= 4 is 39.6 Å². The minimum absolute atomic E-state index is 0.0377. The van der Waals surface area contributed by atoms with Gasteiger partial charge in [0.2, 0.25) is 16.8 Å². The number of thioether (sulfide) groups is 1. The Labute approximate surface area is 191 Å². The van der Waals surface area contributed by atoms with Crippen LogP contribution in [0.1, 0.15) is 5.89 Å². The molecule has 0 unspecified atom stereocenters. The Morgan fingerprint density at radius 2 is 1.85 bits per heavy atom. The monoisotopic (exact) mass is 496 g/mol. The highest BCUT2D eigenvalue weighted by Crippen LogP contribution is 2.31.